The zero-order valence-corrected chi connectivity index (χ0v) is 14.2. The third-order valence-corrected chi connectivity index (χ3v) is 3.95. The van der Waals surface area contributed by atoms with Gasteiger partial charge in [-0.25, -0.2) is 4.79 Å². The molecule has 0 saturated carbocycles. The third kappa shape index (κ3) is 4.28. The number of nitro benzene ring substituents is 1. The first-order valence-electron chi connectivity index (χ1n) is 7.14. The minimum Gasteiger partial charge on any atom is -0.465 e. The van der Waals surface area contributed by atoms with Crippen LogP contribution in [-0.4, -0.2) is 41.9 Å². The molecule has 0 aliphatic carbocycles. The zero-order valence-electron chi connectivity index (χ0n) is 14.2. The highest BCUT2D eigenvalue weighted by Crippen LogP contribution is 2.25. The summed E-state index contributed by atoms with van der Waals surface area (Å²) in [5, 5.41) is 11.0. The summed E-state index contributed by atoms with van der Waals surface area (Å²) in [6.45, 7) is 7.88. The predicted octanol–water partition coefficient (Wildman–Crippen LogP) is 2.89. The normalized spacial score (nSPS) is 12.4. The molecule has 0 bridgehead atoms. The molecule has 1 atom stereocenters. The Kier molecular flexibility index (Phi) is 5.47. The van der Waals surface area contributed by atoms with Gasteiger partial charge in [-0.1, -0.05) is 20.8 Å². The van der Waals surface area contributed by atoms with Crippen LogP contribution in [-0.2, 0) is 4.74 Å². The maximum Gasteiger partial charge on any atom is 0.338 e. The number of carbonyl (C=O) groups excluding carboxylic acids is 2. The molecule has 0 aromatic heterocycles. The summed E-state index contributed by atoms with van der Waals surface area (Å²) >= 11 is 0. The fourth-order valence-corrected chi connectivity index (χ4v) is 2.04. The van der Waals surface area contributed by atoms with Crippen molar-refractivity contribution in [1.82, 2.24) is 4.90 Å². The summed E-state index contributed by atoms with van der Waals surface area (Å²) in [4.78, 5) is 36.2. The Morgan fingerprint density at radius 1 is 1.22 bits per heavy atom. The molecule has 0 aliphatic rings. The largest absolute Gasteiger partial charge is 0.465 e. The highest BCUT2D eigenvalue weighted by Gasteiger charge is 2.29. The SMILES string of the molecule is COC(=O)c1cc(C(=O)N(C)[C@@H](C)C(C)(C)C)cc([N+](=O)[O-])c1. The number of ether oxygens (including phenoxy) is 1. The molecule has 7 heteroatoms. The van der Waals surface area contributed by atoms with Crippen molar-refractivity contribution in [3.05, 3.63) is 39.4 Å². The number of methoxy groups -OCH3 is 1. The van der Waals surface area contributed by atoms with Gasteiger partial charge in [0.1, 0.15) is 0 Å². The summed E-state index contributed by atoms with van der Waals surface area (Å²) in [7, 11) is 2.81. The quantitative estimate of drug-likeness (QED) is 0.483. The van der Waals surface area contributed by atoms with Gasteiger partial charge in [0, 0.05) is 30.8 Å². The van der Waals surface area contributed by atoms with Crippen LogP contribution in [0, 0.1) is 15.5 Å². The summed E-state index contributed by atoms with van der Waals surface area (Å²) in [6, 6.07) is 3.47. The highest BCUT2D eigenvalue weighted by atomic mass is 16.6. The minimum atomic E-state index is -0.728. The van der Waals surface area contributed by atoms with Crippen LogP contribution in [0.2, 0.25) is 0 Å². The van der Waals surface area contributed by atoms with Gasteiger partial charge in [0.2, 0.25) is 0 Å². The van der Waals surface area contributed by atoms with Crippen LogP contribution in [0.15, 0.2) is 18.2 Å². The van der Waals surface area contributed by atoms with Crippen molar-refractivity contribution in [2.45, 2.75) is 33.7 Å². The number of carbonyl (C=O) groups is 2. The second-order valence-electron chi connectivity index (χ2n) is 6.48. The Morgan fingerprint density at radius 2 is 1.74 bits per heavy atom. The Labute approximate surface area is 135 Å². The summed E-state index contributed by atoms with van der Waals surface area (Å²) in [6.07, 6.45) is 0. The molecule has 0 spiro atoms. The average molecular weight is 322 g/mol. The molecule has 1 rings (SSSR count). The number of hydrogen-bond donors (Lipinski definition) is 0. The van der Waals surface area contributed by atoms with Gasteiger partial charge in [-0.2, -0.15) is 0 Å². The average Bonchev–Trinajstić information content (AvgIpc) is 2.50. The van der Waals surface area contributed by atoms with Gasteiger partial charge in [-0.05, 0) is 18.4 Å². The fourth-order valence-electron chi connectivity index (χ4n) is 2.04. The molecule has 0 N–H and O–H groups in total. The van der Waals surface area contributed by atoms with Gasteiger partial charge in [0.05, 0.1) is 17.6 Å². The Balaban J connectivity index is 3.30. The lowest BCUT2D eigenvalue weighted by molar-refractivity contribution is -0.384. The van der Waals surface area contributed by atoms with E-state index in [1.165, 1.54) is 24.1 Å². The van der Waals surface area contributed by atoms with Crippen molar-refractivity contribution in [3.63, 3.8) is 0 Å². The summed E-state index contributed by atoms with van der Waals surface area (Å²) in [5.41, 5.74) is -0.427. The van der Waals surface area contributed by atoms with Crippen LogP contribution in [0.5, 0.6) is 0 Å². The third-order valence-electron chi connectivity index (χ3n) is 3.95. The molecule has 23 heavy (non-hydrogen) atoms. The second kappa shape index (κ2) is 6.76. The van der Waals surface area contributed by atoms with E-state index >= 15 is 0 Å². The van der Waals surface area contributed by atoms with Crippen molar-refractivity contribution in [1.29, 1.82) is 0 Å². The lowest BCUT2D eigenvalue weighted by Gasteiger charge is -2.35. The number of nitro groups is 1. The first kappa shape index (κ1) is 18.6. The van der Waals surface area contributed by atoms with E-state index in [2.05, 4.69) is 4.74 Å². The number of amides is 1. The lowest BCUT2D eigenvalue weighted by Crippen LogP contribution is -2.43. The molecule has 0 saturated heterocycles. The van der Waals surface area contributed by atoms with E-state index in [-0.39, 0.29) is 34.2 Å². The maximum atomic E-state index is 12.6. The molecule has 126 valence electrons. The van der Waals surface area contributed by atoms with E-state index in [9.17, 15) is 19.7 Å². The Morgan fingerprint density at radius 3 is 2.17 bits per heavy atom. The van der Waals surface area contributed by atoms with Crippen molar-refractivity contribution in [2.75, 3.05) is 14.2 Å². The van der Waals surface area contributed by atoms with Crippen LogP contribution in [0.25, 0.3) is 0 Å². The molecule has 0 heterocycles. The number of benzene rings is 1. The second-order valence-corrected chi connectivity index (χ2v) is 6.48. The van der Waals surface area contributed by atoms with Crippen molar-refractivity contribution >= 4 is 17.6 Å². The van der Waals surface area contributed by atoms with Crippen molar-refractivity contribution in [3.8, 4) is 0 Å². The topological polar surface area (TPSA) is 89.8 Å². The maximum absolute atomic E-state index is 12.6. The monoisotopic (exact) mass is 322 g/mol. The van der Waals surface area contributed by atoms with Gasteiger partial charge in [-0.15, -0.1) is 0 Å². The molecule has 0 fully saturated rings. The molecule has 0 radical (unpaired) electrons. The summed E-state index contributed by atoms with van der Waals surface area (Å²) in [5.74, 6) is -1.12. The lowest BCUT2D eigenvalue weighted by atomic mass is 9.87. The van der Waals surface area contributed by atoms with Crippen molar-refractivity contribution in [2.24, 2.45) is 5.41 Å². The van der Waals surface area contributed by atoms with Gasteiger partial charge < -0.3 is 9.64 Å². The number of non-ortho nitro benzene ring substituents is 1. The predicted molar refractivity (Wildman–Crippen MR) is 85.4 cm³/mol. The fraction of sp³-hybridized carbons (Fsp3) is 0.500. The number of esters is 1. The number of nitrogens with zero attached hydrogens (tertiary/aromatic N) is 2. The van der Waals surface area contributed by atoms with E-state index in [1.807, 2.05) is 27.7 Å². The minimum absolute atomic E-state index is 0.0261. The Bertz CT molecular complexity index is 634. The molecule has 0 aliphatic heterocycles. The molecular formula is C16H22N2O5. The Hall–Kier alpha value is -2.44. The van der Waals surface area contributed by atoms with E-state index in [0.717, 1.165) is 6.07 Å². The molecule has 7 nitrogen and oxygen atoms in total. The molecule has 0 unspecified atom stereocenters. The van der Waals surface area contributed by atoms with Crippen LogP contribution in [0.3, 0.4) is 0 Å². The van der Waals surface area contributed by atoms with Crippen LogP contribution < -0.4 is 0 Å². The molecule has 1 amide bonds. The van der Waals surface area contributed by atoms with E-state index in [1.54, 1.807) is 7.05 Å². The molecular weight excluding hydrogens is 300 g/mol. The van der Waals surface area contributed by atoms with E-state index in [0.29, 0.717) is 0 Å². The van der Waals surface area contributed by atoms with Crippen molar-refractivity contribution < 1.29 is 19.2 Å². The van der Waals surface area contributed by atoms with Gasteiger partial charge in [0.15, 0.2) is 0 Å². The van der Waals surface area contributed by atoms with E-state index < -0.39 is 10.9 Å². The highest BCUT2D eigenvalue weighted by molar-refractivity contribution is 5.99. The zero-order chi connectivity index (χ0) is 17.9. The first-order chi connectivity index (χ1) is 10.5. The van der Waals surface area contributed by atoms with E-state index in [4.69, 9.17) is 0 Å². The number of hydrogen-bond acceptors (Lipinski definition) is 5. The molecule has 1 aromatic carbocycles. The van der Waals surface area contributed by atoms with Gasteiger partial charge in [0.25, 0.3) is 11.6 Å². The first-order valence-corrected chi connectivity index (χ1v) is 7.14. The van der Waals surface area contributed by atoms with Gasteiger partial charge in [-0.3, -0.25) is 14.9 Å². The smallest absolute Gasteiger partial charge is 0.338 e. The van der Waals surface area contributed by atoms with Crippen LogP contribution in [0.1, 0.15) is 48.4 Å². The van der Waals surface area contributed by atoms with Crippen LogP contribution >= 0.6 is 0 Å². The standard InChI is InChI=1S/C16H22N2O5/c1-10(16(2,3)4)17(5)14(19)11-7-12(15(20)23-6)9-13(8-11)18(21)22/h7-10H,1-6H3/t10-/m0/s1. The number of rotatable bonds is 4. The van der Waals surface area contributed by atoms with Crippen LogP contribution in [0.4, 0.5) is 5.69 Å². The molecule has 1 aromatic rings. The van der Waals surface area contributed by atoms with Gasteiger partial charge >= 0.3 is 5.97 Å². The summed E-state index contributed by atoms with van der Waals surface area (Å²) < 4.78 is 4.58.